The molecule has 0 radical (unpaired) electrons. The maximum Gasteiger partial charge on any atom is 0.116 e. The molecular weight excluding hydrogens is 206 g/mol. The number of benzene rings is 1. The van der Waals surface area contributed by atoms with Crippen molar-refractivity contribution < 1.29 is 4.74 Å². The van der Waals surface area contributed by atoms with Gasteiger partial charge >= 0.3 is 0 Å². The lowest BCUT2D eigenvalue weighted by Crippen LogP contribution is -2.13. The molecule has 0 fully saturated rings. The Morgan fingerprint density at radius 1 is 1.45 bits per heavy atom. The quantitative estimate of drug-likeness (QED) is 0.715. The zero-order valence-corrected chi connectivity index (χ0v) is 7.52. The summed E-state index contributed by atoms with van der Waals surface area (Å²) in [6, 6.07) is 6.15. The summed E-state index contributed by atoms with van der Waals surface area (Å²) in [6.45, 7) is 1.33. The molecule has 0 aromatic heterocycles. The van der Waals surface area contributed by atoms with E-state index in [1.807, 2.05) is 6.07 Å². The Morgan fingerprint density at radius 2 is 2.36 bits per heavy atom. The number of halogens is 1. The van der Waals surface area contributed by atoms with E-state index in [2.05, 4.69) is 33.4 Å². The summed E-state index contributed by atoms with van der Waals surface area (Å²) in [4.78, 5) is 0. The molecule has 2 nitrogen and oxygen atoms in total. The molecule has 0 aliphatic carbocycles. The first-order chi connectivity index (χ1) is 5.36. The minimum Gasteiger partial charge on any atom is -0.362 e. The summed E-state index contributed by atoms with van der Waals surface area (Å²) in [7, 11) is 0. The fourth-order valence-corrected chi connectivity index (χ4v) is 1.55. The molecule has 58 valence electrons. The third-order valence-electron chi connectivity index (χ3n) is 1.69. The van der Waals surface area contributed by atoms with Gasteiger partial charge in [-0.25, -0.2) is 0 Å². The van der Waals surface area contributed by atoms with Crippen molar-refractivity contribution in [1.82, 2.24) is 0 Å². The number of fused-ring (bicyclic) bond motifs is 1. The molecule has 0 saturated carbocycles. The highest BCUT2D eigenvalue weighted by Gasteiger charge is 2.07. The van der Waals surface area contributed by atoms with E-state index in [9.17, 15) is 0 Å². The van der Waals surface area contributed by atoms with Gasteiger partial charge in [-0.1, -0.05) is 15.9 Å². The second-order valence-electron chi connectivity index (χ2n) is 2.47. The molecule has 1 heterocycles. The van der Waals surface area contributed by atoms with E-state index >= 15 is 0 Å². The summed E-state index contributed by atoms with van der Waals surface area (Å²) in [5.41, 5.74) is 2.39. The van der Waals surface area contributed by atoms with Gasteiger partial charge < -0.3 is 10.1 Å². The van der Waals surface area contributed by atoms with Crippen LogP contribution in [0.2, 0.25) is 0 Å². The van der Waals surface area contributed by atoms with Gasteiger partial charge in [0, 0.05) is 15.7 Å². The van der Waals surface area contributed by atoms with E-state index in [4.69, 9.17) is 4.74 Å². The van der Waals surface area contributed by atoms with E-state index < -0.39 is 0 Å². The minimum absolute atomic E-state index is 0.620. The molecule has 0 bridgehead atoms. The van der Waals surface area contributed by atoms with Gasteiger partial charge in [0.25, 0.3) is 0 Å². The average Bonchev–Trinajstić information content (AvgIpc) is 2.04. The highest BCUT2D eigenvalue weighted by Crippen LogP contribution is 2.23. The van der Waals surface area contributed by atoms with Crippen molar-refractivity contribution in [3.05, 3.63) is 28.2 Å². The van der Waals surface area contributed by atoms with Crippen LogP contribution in [0.1, 0.15) is 5.56 Å². The SMILES string of the molecule is Brc1ccc2c(c1)COCN2. The molecule has 1 aromatic carbocycles. The number of hydrogen-bond donors (Lipinski definition) is 1. The van der Waals surface area contributed by atoms with Crippen LogP contribution in [0.25, 0.3) is 0 Å². The maximum absolute atomic E-state index is 5.22. The molecule has 0 spiro atoms. The number of hydrogen-bond acceptors (Lipinski definition) is 2. The molecule has 11 heavy (non-hydrogen) atoms. The highest BCUT2D eigenvalue weighted by molar-refractivity contribution is 9.10. The van der Waals surface area contributed by atoms with E-state index in [0.29, 0.717) is 13.3 Å². The lowest BCUT2D eigenvalue weighted by molar-refractivity contribution is 0.130. The van der Waals surface area contributed by atoms with Gasteiger partial charge in [-0.15, -0.1) is 0 Å². The van der Waals surface area contributed by atoms with E-state index in [-0.39, 0.29) is 0 Å². The standard InChI is InChI=1S/C8H8BrNO/c9-7-1-2-8-6(3-7)4-11-5-10-8/h1-3,10H,4-5H2. The first kappa shape index (κ1) is 7.13. The van der Waals surface area contributed by atoms with Gasteiger partial charge in [0.1, 0.15) is 6.73 Å². The van der Waals surface area contributed by atoms with Crippen LogP contribution in [0.4, 0.5) is 5.69 Å². The zero-order chi connectivity index (χ0) is 7.68. The lowest BCUT2D eigenvalue weighted by Gasteiger charge is -2.18. The van der Waals surface area contributed by atoms with Crippen molar-refractivity contribution in [3.8, 4) is 0 Å². The predicted molar refractivity (Wildman–Crippen MR) is 47.4 cm³/mol. The fraction of sp³-hybridized carbons (Fsp3) is 0.250. The summed E-state index contributed by atoms with van der Waals surface area (Å²) < 4.78 is 6.32. The molecule has 0 saturated heterocycles. The Morgan fingerprint density at radius 3 is 3.27 bits per heavy atom. The van der Waals surface area contributed by atoms with Crippen LogP contribution in [0.3, 0.4) is 0 Å². The molecule has 0 amide bonds. The first-order valence-electron chi connectivity index (χ1n) is 3.46. The van der Waals surface area contributed by atoms with E-state index in [1.54, 1.807) is 0 Å². The van der Waals surface area contributed by atoms with Crippen molar-refractivity contribution in [2.75, 3.05) is 12.0 Å². The van der Waals surface area contributed by atoms with Crippen LogP contribution >= 0.6 is 15.9 Å². The van der Waals surface area contributed by atoms with E-state index in [1.165, 1.54) is 11.3 Å². The van der Waals surface area contributed by atoms with Crippen LogP contribution in [-0.4, -0.2) is 6.73 Å². The molecule has 0 unspecified atom stereocenters. The molecule has 1 aromatic rings. The molecule has 1 aliphatic heterocycles. The van der Waals surface area contributed by atoms with Crippen molar-refractivity contribution in [3.63, 3.8) is 0 Å². The van der Waals surface area contributed by atoms with Crippen molar-refractivity contribution in [2.24, 2.45) is 0 Å². The summed E-state index contributed by atoms with van der Waals surface area (Å²) in [6.07, 6.45) is 0. The third-order valence-corrected chi connectivity index (χ3v) is 2.18. The molecule has 1 N–H and O–H groups in total. The van der Waals surface area contributed by atoms with Crippen molar-refractivity contribution in [1.29, 1.82) is 0 Å². The maximum atomic E-state index is 5.22. The second-order valence-corrected chi connectivity index (χ2v) is 3.39. The summed E-state index contributed by atoms with van der Waals surface area (Å²) in [5, 5.41) is 3.15. The highest BCUT2D eigenvalue weighted by atomic mass is 79.9. The number of anilines is 1. The average molecular weight is 214 g/mol. The van der Waals surface area contributed by atoms with E-state index in [0.717, 1.165) is 4.47 Å². The van der Waals surface area contributed by atoms with Gasteiger partial charge in [0.05, 0.1) is 6.61 Å². The van der Waals surface area contributed by atoms with Crippen LogP contribution in [0, 0.1) is 0 Å². The molecule has 2 rings (SSSR count). The van der Waals surface area contributed by atoms with Gasteiger partial charge in [0.15, 0.2) is 0 Å². The van der Waals surface area contributed by atoms with Crippen LogP contribution < -0.4 is 5.32 Å². The number of nitrogens with one attached hydrogen (secondary N) is 1. The van der Waals surface area contributed by atoms with Gasteiger partial charge in [-0.3, -0.25) is 0 Å². The Labute approximate surface area is 73.7 Å². The first-order valence-corrected chi connectivity index (χ1v) is 4.25. The number of ether oxygens (including phenoxy) is 1. The van der Waals surface area contributed by atoms with Crippen LogP contribution in [0.15, 0.2) is 22.7 Å². The minimum atomic E-state index is 0.620. The molecule has 3 heteroatoms. The zero-order valence-electron chi connectivity index (χ0n) is 5.93. The smallest absolute Gasteiger partial charge is 0.116 e. The summed E-state index contributed by atoms with van der Waals surface area (Å²) in [5.74, 6) is 0. The largest absolute Gasteiger partial charge is 0.362 e. The normalized spacial score (nSPS) is 15.4. The molecule has 0 atom stereocenters. The third kappa shape index (κ3) is 1.39. The topological polar surface area (TPSA) is 21.3 Å². The monoisotopic (exact) mass is 213 g/mol. The van der Waals surface area contributed by atoms with Crippen molar-refractivity contribution in [2.45, 2.75) is 6.61 Å². The number of rotatable bonds is 0. The van der Waals surface area contributed by atoms with Crippen LogP contribution in [0.5, 0.6) is 0 Å². The second kappa shape index (κ2) is 2.83. The van der Waals surface area contributed by atoms with Gasteiger partial charge in [-0.2, -0.15) is 0 Å². The summed E-state index contributed by atoms with van der Waals surface area (Å²) >= 11 is 3.41. The Kier molecular flexibility index (Phi) is 1.84. The predicted octanol–water partition coefficient (Wildman–Crippen LogP) is 2.35. The molecule has 1 aliphatic rings. The molecular formula is C8H8BrNO. The Balaban J connectivity index is 2.43. The Hall–Kier alpha value is -0.540. The van der Waals surface area contributed by atoms with Crippen molar-refractivity contribution >= 4 is 21.6 Å². The fourth-order valence-electron chi connectivity index (χ4n) is 1.14. The van der Waals surface area contributed by atoms with Gasteiger partial charge in [0.2, 0.25) is 0 Å². The Bertz CT molecular complexity index is 275. The van der Waals surface area contributed by atoms with Gasteiger partial charge in [-0.05, 0) is 18.2 Å². The van der Waals surface area contributed by atoms with Crippen LogP contribution in [-0.2, 0) is 11.3 Å². The lowest BCUT2D eigenvalue weighted by atomic mass is 10.2.